The first-order chi connectivity index (χ1) is 6.07. The van der Waals surface area contributed by atoms with E-state index in [0.717, 1.165) is 17.5 Å². The quantitative estimate of drug-likeness (QED) is 0.806. The molecule has 1 rings (SSSR count). The van der Waals surface area contributed by atoms with Crippen molar-refractivity contribution >= 4 is 23.2 Å². The third-order valence-corrected chi connectivity index (χ3v) is 3.00. The van der Waals surface area contributed by atoms with E-state index in [4.69, 9.17) is 28.9 Å². The molecule has 1 nitrogen and oxygen atoms in total. The molecule has 0 amide bonds. The summed E-state index contributed by atoms with van der Waals surface area (Å²) in [6, 6.07) is 3.85. The predicted octanol–water partition coefficient (Wildman–Crippen LogP) is 3.58. The Bertz CT molecular complexity index is 308. The molecule has 0 radical (unpaired) electrons. The first kappa shape index (κ1) is 10.8. The number of hydrogen-bond acceptors (Lipinski definition) is 1. The predicted molar refractivity (Wildman–Crippen MR) is 58.4 cm³/mol. The number of rotatable bonds is 2. The van der Waals surface area contributed by atoms with Gasteiger partial charge in [0.25, 0.3) is 0 Å². The third-order valence-electron chi connectivity index (χ3n) is 2.06. The van der Waals surface area contributed by atoms with E-state index in [0.29, 0.717) is 10.0 Å². The maximum atomic E-state index is 6.06. The molecule has 0 aliphatic heterocycles. The van der Waals surface area contributed by atoms with Crippen LogP contribution in [-0.2, 0) is 6.42 Å². The van der Waals surface area contributed by atoms with Crippen LogP contribution >= 0.6 is 23.2 Å². The Morgan fingerprint density at radius 3 is 2.38 bits per heavy atom. The number of nitrogens with two attached hydrogens (primary N) is 1. The lowest BCUT2D eigenvalue weighted by atomic mass is 10.1. The summed E-state index contributed by atoms with van der Waals surface area (Å²) in [7, 11) is 0. The van der Waals surface area contributed by atoms with Gasteiger partial charge in [0.15, 0.2) is 0 Å². The van der Waals surface area contributed by atoms with Gasteiger partial charge in [-0.15, -0.1) is 0 Å². The summed E-state index contributed by atoms with van der Waals surface area (Å²) < 4.78 is 0. The molecule has 1 atom stereocenters. The molecule has 0 aliphatic carbocycles. The molecule has 72 valence electrons. The summed E-state index contributed by atoms with van der Waals surface area (Å²) in [6.07, 6.45) is 0.887. The molecule has 0 heterocycles. The highest BCUT2D eigenvalue weighted by Gasteiger charge is 2.10. The smallest absolute Gasteiger partial charge is 0.0642 e. The van der Waals surface area contributed by atoms with Gasteiger partial charge in [-0.3, -0.25) is 0 Å². The molecule has 0 saturated carbocycles. The zero-order valence-corrected chi connectivity index (χ0v) is 9.28. The summed E-state index contributed by atoms with van der Waals surface area (Å²) in [5.74, 6) is 0. The second-order valence-electron chi connectivity index (χ2n) is 3.08. The lowest BCUT2D eigenvalue weighted by molar-refractivity contribution is 0.817. The minimum absolute atomic E-state index is 0.0732. The van der Waals surface area contributed by atoms with Gasteiger partial charge in [0.05, 0.1) is 10.0 Å². The Morgan fingerprint density at radius 2 is 1.92 bits per heavy atom. The monoisotopic (exact) mass is 217 g/mol. The molecule has 2 N–H and O–H groups in total. The van der Waals surface area contributed by atoms with Crippen LogP contribution in [0, 0.1) is 0 Å². The Morgan fingerprint density at radius 1 is 1.31 bits per heavy atom. The van der Waals surface area contributed by atoms with Crippen molar-refractivity contribution in [3.63, 3.8) is 0 Å². The second-order valence-corrected chi connectivity index (χ2v) is 3.84. The normalized spacial score (nSPS) is 13.0. The largest absolute Gasteiger partial charge is 0.324 e. The van der Waals surface area contributed by atoms with Gasteiger partial charge in [-0.05, 0) is 24.5 Å². The molecule has 0 spiro atoms. The van der Waals surface area contributed by atoms with Crippen molar-refractivity contribution in [2.24, 2.45) is 5.73 Å². The Balaban J connectivity index is 3.23. The van der Waals surface area contributed by atoms with Crippen molar-refractivity contribution in [1.82, 2.24) is 0 Å². The minimum atomic E-state index is -0.0732. The first-order valence-electron chi connectivity index (χ1n) is 4.30. The van der Waals surface area contributed by atoms with Gasteiger partial charge in [0, 0.05) is 6.04 Å². The maximum absolute atomic E-state index is 6.06. The van der Waals surface area contributed by atoms with E-state index in [1.165, 1.54) is 0 Å². The van der Waals surface area contributed by atoms with E-state index in [1.807, 2.05) is 26.0 Å². The Hall–Kier alpha value is -0.240. The number of hydrogen-bond donors (Lipinski definition) is 1. The van der Waals surface area contributed by atoms with Gasteiger partial charge >= 0.3 is 0 Å². The second kappa shape index (κ2) is 4.32. The summed E-state index contributed by atoms with van der Waals surface area (Å²) in [4.78, 5) is 0. The molecule has 0 aliphatic rings. The highest BCUT2D eigenvalue weighted by atomic mass is 35.5. The Labute approximate surface area is 88.8 Å². The fourth-order valence-corrected chi connectivity index (χ4v) is 1.89. The van der Waals surface area contributed by atoms with Crippen molar-refractivity contribution in [1.29, 1.82) is 0 Å². The number of aryl methyl sites for hydroxylation is 1. The van der Waals surface area contributed by atoms with E-state index in [-0.39, 0.29) is 6.04 Å². The zero-order chi connectivity index (χ0) is 10.0. The summed E-state index contributed by atoms with van der Waals surface area (Å²) >= 11 is 12.1. The molecule has 0 saturated heterocycles. The molecule has 13 heavy (non-hydrogen) atoms. The van der Waals surface area contributed by atoms with Crippen molar-refractivity contribution in [2.75, 3.05) is 0 Å². The van der Waals surface area contributed by atoms with Crippen LogP contribution in [0.4, 0.5) is 0 Å². The molecule has 1 unspecified atom stereocenters. The molecule has 3 heteroatoms. The lowest BCUT2D eigenvalue weighted by Crippen LogP contribution is -2.06. The summed E-state index contributed by atoms with van der Waals surface area (Å²) in [5, 5.41) is 1.23. The van der Waals surface area contributed by atoms with Crippen LogP contribution < -0.4 is 5.73 Å². The van der Waals surface area contributed by atoms with E-state index in [2.05, 4.69) is 0 Å². The SMILES string of the molecule is CCc1ccc(C(C)N)c(Cl)c1Cl. The van der Waals surface area contributed by atoms with Crippen LogP contribution in [0.2, 0.25) is 10.0 Å². The van der Waals surface area contributed by atoms with Gasteiger partial charge in [-0.2, -0.15) is 0 Å². The van der Waals surface area contributed by atoms with Gasteiger partial charge in [0.2, 0.25) is 0 Å². The van der Waals surface area contributed by atoms with Crippen LogP contribution in [0.3, 0.4) is 0 Å². The average molecular weight is 218 g/mol. The number of halogens is 2. The standard InChI is InChI=1S/C10H13Cl2N/c1-3-7-4-5-8(6(2)13)10(12)9(7)11/h4-6H,3,13H2,1-2H3. The molecule has 0 aromatic heterocycles. The van der Waals surface area contributed by atoms with Crippen LogP contribution in [0.25, 0.3) is 0 Å². The highest BCUT2D eigenvalue weighted by molar-refractivity contribution is 6.43. The number of benzene rings is 1. The van der Waals surface area contributed by atoms with Gasteiger partial charge < -0.3 is 5.73 Å². The van der Waals surface area contributed by atoms with E-state index in [1.54, 1.807) is 0 Å². The van der Waals surface area contributed by atoms with Crippen molar-refractivity contribution in [3.8, 4) is 0 Å². The molecular weight excluding hydrogens is 205 g/mol. The summed E-state index contributed by atoms with van der Waals surface area (Å²) in [6.45, 7) is 3.94. The van der Waals surface area contributed by atoms with Crippen molar-refractivity contribution < 1.29 is 0 Å². The van der Waals surface area contributed by atoms with Crippen LogP contribution in [0.1, 0.15) is 31.0 Å². The fourth-order valence-electron chi connectivity index (χ4n) is 1.23. The molecule has 0 fully saturated rings. The molecular formula is C10H13Cl2N. The molecule has 1 aromatic carbocycles. The van der Waals surface area contributed by atoms with Crippen LogP contribution in [-0.4, -0.2) is 0 Å². The van der Waals surface area contributed by atoms with E-state index >= 15 is 0 Å². The zero-order valence-electron chi connectivity index (χ0n) is 7.77. The topological polar surface area (TPSA) is 26.0 Å². The molecule has 1 aromatic rings. The lowest BCUT2D eigenvalue weighted by Gasteiger charge is -2.11. The van der Waals surface area contributed by atoms with E-state index < -0.39 is 0 Å². The van der Waals surface area contributed by atoms with Gasteiger partial charge in [0.1, 0.15) is 0 Å². The maximum Gasteiger partial charge on any atom is 0.0642 e. The first-order valence-corrected chi connectivity index (χ1v) is 5.05. The van der Waals surface area contributed by atoms with Crippen molar-refractivity contribution in [3.05, 3.63) is 33.3 Å². The fraction of sp³-hybridized carbons (Fsp3) is 0.400. The average Bonchev–Trinajstić information content (AvgIpc) is 2.09. The van der Waals surface area contributed by atoms with Crippen LogP contribution in [0.15, 0.2) is 12.1 Å². The van der Waals surface area contributed by atoms with Crippen LogP contribution in [0.5, 0.6) is 0 Å². The molecule has 0 bridgehead atoms. The van der Waals surface area contributed by atoms with Gasteiger partial charge in [-0.25, -0.2) is 0 Å². The van der Waals surface area contributed by atoms with Gasteiger partial charge in [-0.1, -0.05) is 42.3 Å². The third kappa shape index (κ3) is 2.16. The van der Waals surface area contributed by atoms with Crippen molar-refractivity contribution in [2.45, 2.75) is 26.3 Å². The highest BCUT2D eigenvalue weighted by Crippen LogP contribution is 2.32. The summed E-state index contributed by atoms with van der Waals surface area (Å²) in [5.41, 5.74) is 7.70. The van der Waals surface area contributed by atoms with E-state index in [9.17, 15) is 0 Å². The minimum Gasteiger partial charge on any atom is -0.324 e. The Kier molecular flexibility index (Phi) is 3.60.